The molecule has 0 aromatic heterocycles. The Bertz CT molecular complexity index is 463. The van der Waals surface area contributed by atoms with Crippen molar-refractivity contribution in [2.75, 3.05) is 13.2 Å². The Morgan fingerprint density at radius 1 is 0.429 bits per heavy atom. The molecule has 254 valence electrons. The van der Waals surface area contributed by atoms with Crippen molar-refractivity contribution in [3.05, 3.63) is 0 Å². The van der Waals surface area contributed by atoms with Crippen LogP contribution >= 0.6 is 0 Å². The van der Waals surface area contributed by atoms with E-state index in [9.17, 15) is 9.90 Å². The van der Waals surface area contributed by atoms with Crippen molar-refractivity contribution in [1.29, 1.82) is 0 Å². The van der Waals surface area contributed by atoms with Crippen molar-refractivity contribution in [3.63, 3.8) is 0 Å². The molecule has 5 nitrogen and oxygen atoms in total. The zero-order valence-electron chi connectivity index (χ0n) is 28.5. The molecule has 42 heavy (non-hydrogen) atoms. The highest BCUT2D eigenvalue weighted by Gasteiger charge is 2.16. The quantitative estimate of drug-likeness (QED) is 0.0562. The predicted molar refractivity (Wildman–Crippen MR) is 181 cm³/mol. The number of aliphatic hydroxyl groups is 3. The van der Waals surface area contributed by atoms with Gasteiger partial charge >= 0.3 is 5.97 Å². The Morgan fingerprint density at radius 3 is 0.810 bits per heavy atom. The van der Waals surface area contributed by atoms with Crippen LogP contribution in [0, 0.1) is 5.92 Å². The molecule has 0 atom stereocenters. The fraction of sp³-hybridized carbons (Fsp3) is 0.973. The molecule has 0 unspecified atom stereocenters. The number of carbonyl (C=O) groups is 1. The Morgan fingerprint density at radius 2 is 0.643 bits per heavy atom. The molecule has 0 aromatic carbocycles. The van der Waals surface area contributed by atoms with Gasteiger partial charge in [-0.3, -0.25) is 4.79 Å². The van der Waals surface area contributed by atoms with Gasteiger partial charge in [0, 0.05) is 0 Å². The van der Waals surface area contributed by atoms with Gasteiger partial charge in [0.2, 0.25) is 0 Å². The molecular formula is C37H76O5. The number of hydrogen-bond acceptors (Lipinski definition) is 4. The Hall–Kier alpha value is -0.650. The Balaban J connectivity index is 0. The van der Waals surface area contributed by atoms with Gasteiger partial charge in [-0.15, -0.1) is 0 Å². The summed E-state index contributed by atoms with van der Waals surface area (Å²) in [4.78, 5) is 11.6. The summed E-state index contributed by atoms with van der Waals surface area (Å²) in [6.07, 6.45) is 38.9. The van der Waals surface area contributed by atoms with E-state index in [1.807, 2.05) is 0 Å². The van der Waals surface area contributed by atoms with Crippen LogP contribution in [-0.2, 0) is 4.79 Å². The van der Waals surface area contributed by atoms with E-state index < -0.39 is 12.1 Å². The molecule has 0 rings (SSSR count). The molecule has 0 bridgehead atoms. The van der Waals surface area contributed by atoms with Gasteiger partial charge in [0.05, 0.1) is 19.1 Å². The molecule has 0 radical (unpaired) electrons. The molecule has 0 amide bonds. The van der Waals surface area contributed by atoms with Crippen molar-refractivity contribution in [2.45, 2.75) is 213 Å². The highest BCUT2D eigenvalue weighted by Crippen LogP contribution is 2.20. The van der Waals surface area contributed by atoms with Crippen molar-refractivity contribution < 1.29 is 25.2 Å². The lowest BCUT2D eigenvalue weighted by molar-refractivity contribution is -0.142. The van der Waals surface area contributed by atoms with E-state index in [1.165, 1.54) is 167 Å². The Labute approximate surface area is 262 Å². The minimum atomic E-state index is -0.954. The summed E-state index contributed by atoms with van der Waals surface area (Å²) in [5.74, 6) is -0.654. The molecule has 0 heterocycles. The van der Waals surface area contributed by atoms with E-state index >= 15 is 0 Å². The van der Waals surface area contributed by atoms with Gasteiger partial charge in [0.1, 0.15) is 6.10 Å². The van der Waals surface area contributed by atoms with E-state index in [-0.39, 0.29) is 19.1 Å². The summed E-state index contributed by atoms with van der Waals surface area (Å²) in [7, 11) is 0. The molecule has 0 aliphatic rings. The first-order valence-electron chi connectivity index (χ1n) is 18.7. The molecule has 0 fully saturated rings. The largest absolute Gasteiger partial charge is 0.481 e. The van der Waals surface area contributed by atoms with Gasteiger partial charge in [-0.2, -0.15) is 0 Å². The van der Waals surface area contributed by atoms with Crippen LogP contribution in [0.15, 0.2) is 0 Å². The second-order valence-corrected chi connectivity index (χ2v) is 12.8. The number of aliphatic hydroxyl groups excluding tert-OH is 3. The van der Waals surface area contributed by atoms with Gasteiger partial charge in [0.15, 0.2) is 0 Å². The Kier molecular flexibility index (Phi) is 39.7. The standard InChI is InChI=1S/C34H68O2.C3H8O3/c1-3-5-7-9-11-13-15-17-19-21-23-25-27-29-31-33(34(35)36)32-30-28-26-24-22-20-18-16-14-12-10-8-6-4-2;4-1-3(6)2-5/h33H,3-32H2,1-2H3,(H,35,36);3-6H,1-2H2. The first-order valence-corrected chi connectivity index (χ1v) is 18.7. The highest BCUT2D eigenvalue weighted by atomic mass is 16.4. The predicted octanol–water partition coefficient (Wildman–Crippen LogP) is 10.8. The SMILES string of the molecule is CCCCCCCCCCCCCCCCC(CCCCCCCCCCCCCCCC)C(=O)O.OCC(O)CO. The highest BCUT2D eigenvalue weighted by molar-refractivity contribution is 5.69. The number of aliphatic carboxylic acids is 1. The van der Waals surface area contributed by atoms with Crippen molar-refractivity contribution >= 4 is 5.97 Å². The van der Waals surface area contributed by atoms with Crippen molar-refractivity contribution in [3.8, 4) is 0 Å². The molecule has 0 spiro atoms. The lowest BCUT2D eigenvalue weighted by Crippen LogP contribution is -2.15. The number of hydrogen-bond donors (Lipinski definition) is 4. The van der Waals surface area contributed by atoms with E-state index in [1.54, 1.807) is 0 Å². The van der Waals surface area contributed by atoms with Crippen molar-refractivity contribution in [1.82, 2.24) is 0 Å². The van der Waals surface area contributed by atoms with Crippen LogP contribution in [-0.4, -0.2) is 45.7 Å². The monoisotopic (exact) mass is 601 g/mol. The van der Waals surface area contributed by atoms with Crippen LogP contribution in [0.4, 0.5) is 0 Å². The second kappa shape index (κ2) is 38.4. The van der Waals surface area contributed by atoms with Gasteiger partial charge in [-0.05, 0) is 12.8 Å². The number of carboxylic acid groups (broad SMARTS) is 1. The fourth-order valence-electron chi connectivity index (χ4n) is 5.62. The average Bonchev–Trinajstić information content (AvgIpc) is 3.00. The van der Waals surface area contributed by atoms with Gasteiger partial charge in [-0.25, -0.2) is 0 Å². The van der Waals surface area contributed by atoms with Crippen LogP contribution in [0.5, 0.6) is 0 Å². The van der Waals surface area contributed by atoms with E-state index in [4.69, 9.17) is 15.3 Å². The smallest absolute Gasteiger partial charge is 0.306 e. The lowest BCUT2D eigenvalue weighted by atomic mass is 9.94. The summed E-state index contributed by atoms with van der Waals surface area (Å²) in [5.41, 5.74) is 0. The summed E-state index contributed by atoms with van der Waals surface area (Å²) >= 11 is 0. The fourth-order valence-corrected chi connectivity index (χ4v) is 5.62. The third-order valence-corrected chi connectivity index (χ3v) is 8.58. The molecular weight excluding hydrogens is 524 g/mol. The maximum atomic E-state index is 11.6. The number of rotatable bonds is 33. The van der Waals surface area contributed by atoms with Crippen molar-refractivity contribution in [2.24, 2.45) is 5.92 Å². The number of unbranched alkanes of at least 4 members (excludes halogenated alkanes) is 26. The molecule has 5 heteroatoms. The molecule has 0 saturated carbocycles. The minimum absolute atomic E-state index is 0.0975. The maximum Gasteiger partial charge on any atom is 0.306 e. The summed E-state index contributed by atoms with van der Waals surface area (Å²) in [6.45, 7) is 3.84. The first-order chi connectivity index (χ1) is 20.5. The minimum Gasteiger partial charge on any atom is -0.481 e. The molecule has 0 saturated heterocycles. The summed E-state index contributed by atoms with van der Waals surface area (Å²) < 4.78 is 0. The van der Waals surface area contributed by atoms with Gasteiger partial charge in [-0.1, -0.05) is 194 Å². The molecule has 0 aromatic rings. The third kappa shape index (κ3) is 37.4. The summed E-state index contributed by atoms with van der Waals surface area (Å²) in [6, 6.07) is 0. The van der Waals surface area contributed by atoms with Crippen LogP contribution in [0.3, 0.4) is 0 Å². The van der Waals surface area contributed by atoms with Crippen LogP contribution in [0.1, 0.15) is 206 Å². The topological polar surface area (TPSA) is 98.0 Å². The van der Waals surface area contributed by atoms with E-state index in [0.29, 0.717) is 0 Å². The van der Waals surface area contributed by atoms with Crippen LogP contribution in [0.25, 0.3) is 0 Å². The van der Waals surface area contributed by atoms with Gasteiger partial charge in [0.25, 0.3) is 0 Å². The normalized spacial score (nSPS) is 11.3. The second-order valence-electron chi connectivity index (χ2n) is 12.8. The average molecular weight is 601 g/mol. The maximum absolute atomic E-state index is 11.6. The lowest BCUT2D eigenvalue weighted by Gasteiger charge is -2.12. The van der Waals surface area contributed by atoms with E-state index in [0.717, 1.165) is 25.7 Å². The zero-order chi connectivity index (χ0) is 31.4. The third-order valence-electron chi connectivity index (χ3n) is 8.58. The van der Waals surface area contributed by atoms with Gasteiger partial charge < -0.3 is 20.4 Å². The first kappa shape index (κ1) is 43.5. The summed E-state index contributed by atoms with van der Waals surface area (Å²) in [5, 5.41) is 33.6. The van der Waals surface area contributed by atoms with Crippen LogP contribution in [0.2, 0.25) is 0 Å². The van der Waals surface area contributed by atoms with Crippen LogP contribution < -0.4 is 0 Å². The zero-order valence-corrected chi connectivity index (χ0v) is 28.5. The molecule has 0 aliphatic heterocycles. The van der Waals surface area contributed by atoms with E-state index in [2.05, 4.69) is 13.8 Å². The molecule has 4 N–H and O–H groups in total. The number of carboxylic acids is 1. The molecule has 0 aliphatic carbocycles.